The summed E-state index contributed by atoms with van der Waals surface area (Å²) in [5.41, 5.74) is 1.90. The van der Waals surface area contributed by atoms with Crippen LogP contribution < -0.4 is 4.74 Å². The van der Waals surface area contributed by atoms with Crippen LogP contribution >= 0.6 is 0 Å². The van der Waals surface area contributed by atoms with E-state index in [1.54, 1.807) is 18.3 Å². The molecule has 6 heteroatoms. The Kier molecular flexibility index (Phi) is 6.12. The topological polar surface area (TPSA) is 55.6 Å². The number of nitrogens with zero attached hydrogens (tertiary/aromatic N) is 2. The van der Waals surface area contributed by atoms with Gasteiger partial charge in [0.1, 0.15) is 11.6 Å². The van der Waals surface area contributed by atoms with Gasteiger partial charge in [0.05, 0.1) is 18.8 Å². The third-order valence-corrected chi connectivity index (χ3v) is 5.38. The van der Waals surface area contributed by atoms with E-state index in [0.717, 1.165) is 36.3 Å². The maximum Gasteiger partial charge on any atom is 0.223 e. The van der Waals surface area contributed by atoms with Crippen molar-refractivity contribution in [3.63, 3.8) is 0 Å². The van der Waals surface area contributed by atoms with Crippen molar-refractivity contribution in [2.24, 2.45) is 0 Å². The molecule has 0 saturated carbocycles. The zero-order valence-electron chi connectivity index (χ0n) is 17.0. The van der Waals surface area contributed by atoms with E-state index in [1.165, 1.54) is 12.1 Å². The lowest BCUT2D eigenvalue weighted by Gasteiger charge is -2.25. The molecule has 5 nitrogen and oxygen atoms in total. The van der Waals surface area contributed by atoms with Gasteiger partial charge in [-0.15, -0.1) is 0 Å². The van der Waals surface area contributed by atoms with Gasteiger partial charge in [-0.05, 0) is 61.7 Å². The van der Waals surface area contributed by atoms with E-state index in [0.29, 0.717) is 31.1 Å². The summed E-state index contributed by atoms with van der Waals surface area (Å²) in [5, 5.41) is 0. The summed E-state index contributed by atoms with van der Waals surface area (Å²) in [6.07, 6.45) is 4.36. The van der Waals surface area contributed by atoms with Gasteiger partial charge in [0.25, 0.3) is 0 Å². The van der Waals surface area contributed by atoms with E-state index in [9.17, 15) is 9.18 Å². The minimum atomic E-state index is -0.295. The average Bonchev–Trinajstić information content (AvgIpc) is 3.43. The van der Waals surface area contributed by atoms with Crippen LogP contribution in [0, 0.1) is 5.82 Å². The zero-order chi connectivity index (χ0) is 20.9. The molecule has 4 rings (SSSR count). The second-order valence-corrected chi connectivity index (χ2v) is 7.37. The third kappa shape index (κ3) is 4.53. The molecule has 30 heavy (non-hydrogen) atoms. The number of hydrogen-bond donors (Lipinski definition) is 0. The fourth-order valence-corrected chi connectivity index (χ4v) is 3.90. The lowest BCUT2D eigenvalue weighted by Crippen LogP contribution is -2.30. The van der Waals surface area contributed by atoms with Crippen molar-refractivity contribution in [1.82, 2.24) is 9.88 Å². The Morgan fingerprint density at radius 2 is 1.97 bits per heavy atom. The smallest absolute Gasteiger partial charge is 0.223 e. The Morgan fingerprint density at radius 3 is 2.70 bits per heavy atom. The number of rotatable bonds is 7. The number of ether oxygens (including phenoxy) is 1. The first-order valence-electron chi connectivity index (χ1n) is 10.4. The van der Waals surface area contributed by atoms with Gasteiger partial charge < -0.3 is 14.1 Å². The van der Waals surface area contributed by atoms with Gasteiger partial charge in [0.2, 0.25) is 5.91 Å². The average molecular weight is 408 g/mol. The number of amides is 1. The van der Waals surface area contributed by atoms with Crippen LogP contribution in [-0.2, 0) is 11.2 Å². The first-order valence-corrected chi connectivity index (χ1v) is 10.4. The summed E-state index contributed by atoms with van der Waals surface area (Å²) in [6.45, 7) is 3.36. The van der Waals surface area contributed by atoms with Crippen molar-refractivity contribution in [3.05, 3.63) is 72.0 Å². The number of likely N-dealkylation sites (tertiary alicyclic amines) is 1. The van der Waals surface area contributed by atoms with Crippen LogP contribution in [0.25, 0.3) is 11.3 Å². The van der Waals surface area contributed by atoms with Gasteiger partial charge in [-0.1, -0.05) is 12.1 Å². The highest BCUT2D eigenvalue weighted by Gasteiger charge is 2.29. The molecule has 1 saturated heterocycles. The number of aryl methyl sites for hydroxylation is 1. The predicted octanol–water partition coefficient (Wildman–Crippen LogP) is 5.18. The molecule has 3 aromatic rings. The van der Waals surface area contributed by atoms with Crippen molar-refractivity contribution in [2.45, 2.75) is 38.6 Å². The number of carbonyl (C=O) groups is 1. The fraction of sp³-hybridized carbons (Fsp3) is 0.333. The second-order valence-electron chi connectivity index (χ2n) is 7.37. The van der Waals surface area contributed by atoms with E-state index < -0.39 is 0 Å². The van der Waals surface area contributed by atoms with Crippen LogP contribution in [0.3, 0.4) is 0 Å². The summed E-state index contributed by atoms with van der Waals surface area (Å²) >= 11 is 0. The maximum atomic E-state index is 13.1. The second kappa shape index (κ2) is 9.11. The van der Waals surface area contributed by atoms with Crippen molar-refractivity contribution < 1.29 is 18.3 Å². The molecule has 1 aromatic heterocycles. The van der Waals surface area contributed by atoms with Gasteiger partial charge in [-0.25, -0.2) is 9.37 Å². The number of halogens is 1. The largest absolute Gasteiger partial charge is 0.494 e. The van der Waals surface area contributed by atoms with E-state index in [4.69, 9.17) is 9.15 Å². The standard InChI is InChI=1S/C24H25FN2O3/c1-2-29-20-11-7-17(8-12-20)21-4-3-15-27(21)24(28)14-13-23-26-16-22(30-23)18-5-9-19(25)10-6-18/h5-12,16,21H,2-4,13-15H2,1H3. The molecular formula is C24H25FN2O3. The molecule has 0 bridgehead atoms. The Labute approximate surface area is 175 Å². The number of aromatic nitrogens is 1. The normalized spacial score (nSPS) is 16.1. The number of oxazole rings is 1. The summed E-state index contributed by atoms with van der Waals surface area (Å²) in [6, 6.07) is 14.2. The number of benzene rings is 2. The van der Waals surface area contributed by atoms with E-state index in [-0.39, 0.29) is 17.8 Å². The molecule has 0 aliphatic carbocycles. The fourth-order valence-electron chi connectivity index (χ4n) is 3.90. The summed E-state index contributed by atoms with van der Waals surface area (Å²) in [4.78, 5) is 19.1. The van der Waals surface area contributed by atoms with Crippen LogP contribution in [0.1, 0.15) is 43.7 Å². The van der Waals surface area contributed by atoms with Crippen LogP contribution in [0.2, 0.25) is 0 Å². The Morgan fingerprint density at radius 1 is 1.20 bits per heavy atom. The van der Waals surface area contributed by atoms with Gasteiger partial charge >= 0.3 is 0 Å². The lowest BCUT2D eigenvalue weighted by molar-refractivity contribution is -0.132. The molecule has 1 aliphatic heterocycles. The highest BCUT2D eigenvalue weighted by molar-refractivity contribution is 5.77. The Bertz CT molecular complexity index is 982. The lowest BCUT2D eigenvalue weighted by atomic mass is 10.0. The minimum Gasteiger partial charge on any atom is -0.494 e. The molecule has 0 spiro atoms. The Balaban J connectivity index is 1.37. The molecule has 0 N–H and O–H groups in total. The van der Waals surface area contributed by atoms with E-state index >= 15 is 0 Å². The predicted molar refractivity (Wildman–Crippen MR) is 112 cm³/mol. The summed E-state index contributed by atoms with van der Waals surface area (Å²) in [5.74, 6) is 1.74. The van der Waals surface area contributed by atoms with Crippen LogP contribution in [-0.4, -0.2) is 28.9 Å². The van der Waals surface area contributed by atoms with Gasteiger partial charge in [0, 0.05) is 24.9 Å². The van der Waals surface area contributed by atoms with Crippen LogP contribution in [0.5, 0.6) is 5.75 Å². The minimum absolute atomic E-state index is 0.104. The van der Waals surface area contributed by atoms with Crippen molar-refractivity contribution in [1.29, 1.82) is 0 Å². The first-order chi connectivity index (χ1) is 14.6. The van der Waals surface area contributed by atoms with Crippen LogP contribution in [0.4, 0.5) is 4.39 Å². The van der Waals surface area contributed by atoms with E-state index in [1.807, 2.05) is 36.1 Å². The van der Waals surface area contributed by atoms with E-state index in [2.05, 4.69) is 4.98 Å². The molecular weight excluding hydrogens is 383 g/mol. The van der Waals surface area contributed by atoms with Gasteiger partial charge in [-0.3, -0.25) is 4.79 Å². The van der Waals surface area contributed by atoms with Crippen molar-refractivity contribution in [3.8, 4) is 17.1 Å². The third-order valence-electron chi connectivity index (χ3n) is 5.38. The molecule has 0 radical (unpaired) electrons. The Hall–Kier alpha value is -3.15. The van der Waals surface area contributed by atoms with Crippen molar-refractivity contribution >= 4 is 5.91 Å². The SMILES string of the molecule is CCOc1ccc(C2CCCN2C(=O)CCc2ncc(-c3ccc(F)cc3)o2)cc1. The van der Waals surface area contributed by atoms with Crippen molar-refractivity contribution in [2.75, 3.05) is 13.2 Å². The monoisotopic (exact) mass is 408 g/mol. The zero-order valence-corrected chi connectivity index (χ0v) is 17.0. The maximum absolute atomic E-state index is 13.1. The number of hydrogen-bond acceptors (Lipinski definition) is 4. The highest BCUT2D eigenvalue weighted by Crippen LogP contribution is 2.33. The molecule has 1 amide bonds. The quantitative estimate of drug-likeness (QED) is 0.541. The van der Waals surface area contributed by atoms with Gasteiger partial charge in [0.15, 0.2) is 11.7 Å². The molecule has 2 aromatic carbocycles. The van der Waals surface area contributed by atoms with Crippen LogP contribution in [0.15, 0.2) is 59.1 Å². The molecule has 156 valence electrons. The highest BCUT2D eigenvalue weighted by atomic mass is 19.1. The molecule has 1 atom stereocenters. The molecule has 1 aliphatic rings. The summed E-state index contributed by atoms with van der Waals surface area (Å²) < 4.78 is 24.3. The first kappa shape index (κ1) is 20.1. The molecule has 1 unspecified atom stereocenters. The molecule has 2 heterocycles. The number of carbonyl (C=O) groups excluding carboxylic acids is 1. The molecule has 1 fully saturated rings. The summed E-state index contributed by atoms with van der Waals surface area (Å²) in [7, 11) is 0. The van der Waals surface area contributed by atoms with Gasteiger partial charge in [-0.2, -0.15) is 0 Å².